The Balaban J connectivity index is 2.77. The number of hydrogen-bond donors (Lipinski definition) is 2. The van der Waals surface area contributed by atoms with Gasteiger partial charge in [0.15, 0.2) is 0 Å². The minimum absolute atomic E-state index is 0.0535. The third-order valence-corrected chi connectivity index (χ3v) is 2.52. The van der Waals surface area contributed by atoms with Gasteiger partial charge in [0.1, 0.15) is 5.75 Å². The van der Waals surface area contributed by atoms with Crippen molar-refractivity contribution in [3.05, 3.63) is 28.2 Å². The third-order valence-electron chi connectivity index (χ3n) is 2.03. The summed E-state index contributed by atoms with van der Waals surface area (Å²) in [5.41, 5.74) is 6.81. The summed E-state index contributed by atoms with van der Waals surface area (Å²) in [4.78, 5) is 0. The molecule has 1 atom stereocenters. The van der Waals surface area contributed by atoms with Gasteiger partial charge in [0.2, 0.25) is 0 Å². The van der Waals surface area contributed by atoms with Crippen molar-refractivity contribution in [3.8, 4) is 5.75 Å². The van der Waals surface area contributed by atoms with Crippen molar-refractivity contribution in [1.82, 2.24) is 0 Å². The highest BCUT2D eigenvalue weighted by Gasteiger charge is 2.08. The van der Waals surface area contributed by atoms with Crippen molar-refractivity contribution in [3.63, 3.8) is 0 Å². The Morgan fingerprint density at radius 1 is 1.53 bits per heavy atom. The topological polar surface area (TPSA) is 55.5 Å². The first-order valence-corrected chi connectivity index (χ1v) is 5.73. The molecule has 1 aromatic carbocycles. The molecule has 0 aromatic heterocycles. The Morgan fingerprint density at radius 3 is 2.87 bits per heavy atom. The maximum Gasteiger partial charge on any atom is 0.125 e. The molecular formula is C11H16BrNO2. The van der Waals surface area contributed by atoms with Crippen LogP contribution in [0.5, 0.6) is 5.75 Å². The second-order valence-electron chi connectivity index (χ2n) is 3.40. The lowest BCUT2D eigenvalue weighted by molar-refractivity contribution is 0.232. The van der Waals surface area contributed by atoms with Crippen LogP contribution in [-0.2, 0) is 0 Å². The molecule has 0 unspecified atom stereocenters. The zero-order valence-electron chi connectivity index (χ0n) is 8.74. The molecule has 0 aliphatic heterocycles. The van der Waals surface area contributed by atoms with Crippen LogP contribution in [0.25, 0.3) is 0 Å². The van der Waals surface area contributed by atoms with Crippen molar-refractivity contribution >= 4 is 15.9 Å². The van der Waals surface area contributed by atoms with E-state index >= 15 is 0 Å². The van der Waals surface area contributed by atoms with E-state index in [-0.39, 0.29) is 12.6 Å². The molecule has 0 saturated carbocycles. The number of benzene rings is 1. The van der Waals surface area contributed by atoms with Crippen molar-refractivity contribution in [2.75, 3.05) is 13.2 Å². The Bertz CT molecular complexity index is 315. The molecule has 0 radical (unpaired) electrons. The van der Waals surface area contributed by atoms with Crippen molar-refractivity contribution in [1.29, 1.82) is 0 Å². The highest BCUT2D eigenvalue weighted by Crippen LogP contribution is 2.27. The van der Waals surface area contributed by atoms with Crippen LogP contribution in [0, 0.1) is 0 Å². The van der Waals surface area contributed by atoms with Crippen molar-refractivity contribution in [2.45, 2.75) is 19.4 Å². The van der Waals surface area contributed by atoms with Gasteiger partial charge in [-0.2, -0.15) is 0 Å². The standard InChI is InChI=1S/C11H16BrNO2/c1-8(13)10-4-3-9(12)7-11(10)15-6-2-5-14/h3-4,7-8,14H,2,5-6,13H2,1H3/t8-/m1/s1. The number of hydrogen-bond acceptors (Lipinski definition) is 3. The van der Waals surface area contributed by atoms with Gasteiger partial charge in [-0.15, -0.1) is 0 Å². The summed E-state index contributed by atoms with van der Waals surface area (Å²) in [6, 6.07) is 5.73. The van der Waals surface area contributed by atoms with E-state index in [1.54, 1.807) is 0 Å². The number of aliphatic hydroxyl groups excluding tert-OH is 1. The molecule has 0 spiro atoms. The van der Waals surface area contributed by atoms with Crippen LogP contribution < -0.4 is 10.5 Å². The van der Waals surface area contributed by atoms with Crippen LogP contribution in [0.2, 0.25) is 0 Å². The Morgan fingerprint density at radius 2 is 2.27 bits per heavy atom. The predicted molar refractivity (Wildman–Crippen MR) is 63.9 cm³/mol. The van der Waals surface area contributed by atoms with Gasteiger partial charge in [0, 0.05) is 29.1 Å². The lowest BCUT2D eigenvalue weighted by Crippen LogP contribution is -2.09. The fourth-order valence-corrected chi connectivity index (χ4v) is 1.60. The van der Waals surface area contributed by atoms with E-state index in [0.29, 0.717) is 13.0 Å². The van der Waals surface area contributed by atoms with E-state index < -0.39 is 0 Å². The molecule has 1 rings (SSSR count). The van der Waals surface area contributed by atoms with Gasteiger partial charge in [0.25, 0.3) is 0 Å². The van der Waals surface area contributed by atoms with Crippen LogP contribution in [0.15, 0.2) is 22.7 Å². The zero-order valence-corrected chi connectivity index (χ0v) is 10.3. The van der Waals surface area contributed by atoms with E-state index in [0.717, 1.165) is 15.8 Å². The average Bonchev–Trinajstić information content (AvgIpc) is 2.18. The van der Waals surface area contributed by atoms with Gasteiger partial charge in [-0.05, 0) is 19.1 Å². The third kappa shape index (κ3) is 3.81. The fourth-order valence-electron chi connectivity index (χ4n) is 1.26. The molecule has 3 nitrogen and oxygen atoms in total. The zero-order chi connectivity index (χ0) is 11.3. The van der Waals surface area contributed by atoms with Crippen molar-refractivity contribution < 1.29 is 9.84 Å². The maximum absolute atomic E-state index is 8.66. The van der Waals surface area contributed by atoms with E-state index in [2.05, 4.69) is 15.9 Å². The number of nitrogens with two attached hydrogens (primary N) is 1. The van der Waals surface area contributed by atoms with Gasteiger partial charge >= 0.3 is 0 Å². The molecule has 0 fully saturated rings. The molecule has 15 heavy (non-hydrogen) atoms. The molecule has 4 heteroatoms. The number of ether oxygens (including phenoxy) is 1. The minimum Gasteiger partial charge on any atom is -0.493 e. The summed E-state index contributed by atoms with van der Waals surface area (Å²) in [5, 5.41) is 8.66. The smallest absolute Gasteiger partial charge is 0.125 e. The molecule has 1 aromatic rings. The summed E-state index contributed by atoms with van der Waals surface area (Å²) < 4.78 is 6.51. The first-order valence-electron chi connectivity index (χ1n) is 4.94. The van der Waals surface area contributed by atoms with Crippen LogP contribution >= 0.6 is 15.9 Å². The minimum atomic E-state index is -0.0535. The summed E-state index contributed by atoms with van der Waals surface area (Å²) >= 11 is 3.38. The van der Waals surface area contributed by atoms with Gasteiger partial charge in [-0.25, -0.2) is 0 Å². The van der Waals surface area contributed by atoms with Crippen LogP contribution in [-0.4, -0.2) is 18.3 Å². The highest BCUT2D eigenvalue weighted by molar-refractivity contribution is 9.10. The van der Waals surface area contributed by atoms with Crippen molar-refractivity contribution in [2.24, 2.45) is 5.73 Å². The number of aliphatic hydroxyl groups is 1. The van der Waals surface area contributed by atoms with E-state index in [9.17, 15) is 0 Å². The quantitative estimate of drug-likeness (QED) is 0.809. The molecule has 0 heterocycles. The van der Waals surface area contributed by atoms with E-state index in [4.69, 9.17) is 15.6 Å². The normalized spacial score (nSPS) is 12.5. The largest absolute Gasteiger partial charge is 0.493 e. The second-order valence-corrected chi connectivity index (χ2v) is 4.31. The molecule has 0 bridgehead atoms. The number of rotatable bonds is 5. The lowest BCUT2D eigenvalue weighted by atomic mass is 10.1. The van der Waals surface area contributed by atoms with Gasteiger partial charge in [0.05, 0.1) is 6.61 Å². The molecule has 0 aliphatic rings. The molecular weight excluding hydrogens is 258 g/mol. The van der Waals surface area contributed by atoms with Crippen LogP contribution in [0.3, 0.4) is 0 Å². The predicted octanol–water partition coefficient (Wildman–Crippen LogP) is 2.23. The molecule has 84 valence electrons. The summed E-state index contributed by atoms with van der Waals surface area (Å²) in [7, 11) is 0. The van der Waals surface area contributed by atoms with Crippen LogP contribution in [0.4, 0.5) is 0 Å². The summed E-state index contributed by atoms with van der Waals surface area (Å²) in [6.07, 6.45) is 0.630. The summed E-state index contributed by atoms with van der Waals surface area (Å²) in [5.74, 6) is 0.785. The fraction of sp³-hybridized carbons (Fsp3) is 0.455. The Labute approximate surface area is 98.4 Å². The monoisotopic (exact) mass is 273 g/mol. The summed E-state index contributed by atoms with van der Waals surface area (Å²) in [6.45, 7) is 2.57. The molecule has 3 N–H and O–H groups in total. The first-order chi connectivity index (χ1) is 7.15. The van der Waals surface area contributed by atoms with Crippen LogP contribution in [0.1, 0.15) is 24.9 Å². The van der Waals surface area contributed by atoms with E-state index in [1.807, 2.05) is 25.1 Å². The van der Waals surface area contributed by atoms with Gasteiger partial charge < -0.3 is 15.6 Å². The Hall–Kier alpha value is -0.580. The second kappa shape index (κ2) is 6.10. The maximum atomic E-state index is 8.66. The Kier molecular flexibility index (Phi) is 5.08. The molecule has 0 amide bonds. The van der Waals surface area contributed by atoms with Gasteiger partial charge in [-0.3, -0.25) is 0 Å². The highest BCUT2D eigenvalue weighted by atomic mass is 79.9. The molecule has 0 saturated heterocycles. The average molecular weight is 274 g/mol. The lowest BCUT2D eigenvalue weighted by Gasteiger charge is -2.14. The SMILES string of the molecule is C[C@@H](N)c1ccc(Br)cc1OCCCO. The van der Waals surface area contributed by atoms with Gasteiger partial charge in [-0.1, -0.05) is 22.0 Å². The number of halogens is 1. The first kappa shape index (κ1) is 12.5. The van der Waals surface area contributed by atoms with E-state index in [1.165, 1.54) is 0 Å². The molecule has 0 aliphatic carbocycles.